The second kappa shape index (κ2) is 7.11. The number of rotatable bonds is 3. The fourth-order valence-corrected chi connectivity index (χ4v) is 3.77. The van der Waals surface area contributed by atoms with E-state index in [2.05, 4.69) is 44.0 Å². The van der Waals surface area contributed by atoms with Crippen molar-refractivity contribution in [1.29, 1.82) is 0 Å². The number of nitrogens with zero attached hydrogens (tertiary/aromatic N) is 6. The number of aromatic amines is 1. The molecular weight excluding hydrogens is 375 g/mol. The maximum absolute atomic E-state index is 14.1. The Morgan fingerprint density at radius 3 is 2.72 bits per heavy atom. The lowest BCUT2D eigenvalue weighted by Crippen LogP contribution is -2.54. The number of H-pyrrole nitrogens is 1. The van der Waals surface area contributed by atoms with Gasteiger partial charge in [-0.3, -0.25) is 5.10 Å². The molecule has 29 heavy (non-hydrogen) atoms. The molecule has 4 rings (SSSR count). The number of hydrogen-bond donors (Lipinski definition) is 2. The summed E-state index contributed by atoms with van der Waals surface area (Å²) in [5.74, 6) is 0.198. The SMILES string of the molecule is C=Cc1ncc(F)c(Nc2n[nH]c3c2CN(C(=O)N2CCN(C)CC2)C3(C)C)n1. The Morgan fingerprint density at radius 1 is 1.31 bits per heavy atom. The summed E-state index contributed by atoms with van der Waals surface area (Å²) in [6.07, 6.45) is 2.53. The number of amides is 2. The summed E-state index contributed by atoms with van der Waals surface area (Å²) in [5.41, 5.74) is 1.11. The highest BCUT2D eigenvalue weighted by Crippen LogP contribution is 2.41. The van der Waals surface area contributed by atoms with Gasteiger partial charge in [-0.05, 0) is 27.0 Å². The largest absolute Gasteiger partial charge is 0.322 e. The lowest BCUT2D eigenvalue weighted by molar-refractivity contribution is 0.0881. The summed E-state index contributed by atoms with van der Waals surface area (Å²) in [6.45, 7) is 11.1. The smallest absolute Gasteiger partial charge is 0.321 e. The molecule has 9 nitrogen and oxygen atoms in total. The summed E-state index contributed by atoms with van der Waals surface area (Å²) in [5, 5.41) is 10.3. The van der Waals surface area contributed by atoms with E-state index in [9.17, 15) is 9.18 Å². The van der Waals surface area contributed by atoms with Crippen LogP contribution in [-0.4, -0.2) is 74.1 Å². The average Bonchev–Trinajstić information content (AvgIpc) is 3.22. The van der Waals surface area contributed by atoms with Crippen molar-refractivity contribution >= 4 is 23.7 Å². The molecule has 2 aromatic rings. The monoisotopic (exact) mass is 400 g/mol. The fraction of sp³-hybridized carbons (Fsp3) is 0.474. The second-order valence-corrected chi connectivity index (χ2v) is 7.90. The summed E-state index contributed by atoms with van der Waals surface area (Å²) in [4.78, 5) is 27.0. The number of fused-ring (bicyclic) bond motifs is 1. The van der Waals surface area contributed by atoms with Crippen molar-refractivity contribution in [3.63, 3.8) is 0 Å². The van der Waals surface area contributed by atoms with Crippen LogP contribution in [0.5, 0.6) is 0 Å². The first-order chi connectivity index (χ1) is 13.8. The average molecular weight is 400 g/mol. The molecule has 0 unspecified atom stereocenters. The predicted molar refractivity (Wildman–Crippen MR) is 107 cm³/mol. The molecule has 0 spiro atoms. The minimum absolute atomic E-state index is 0.000750. The predicted octanol–water partition coefficient (Wildman–Crippen LogP) is 2.14. The van der Waals surface area contributed by atoms with Gasteiger partial charge in [-0.25, -0.2) is 19.2 Å². The fourth-order valence-electron chi connectivity index (χ4n) is 3.77. The molecular formula is C19H25FN8O. The van der Waals surface area contributed by atoms with Gasteiger partial charge < -0.3 is 20.0 Å². The van der Waals surface area contributed by atoms with Crippen molar-refractivity contribution in [1.82, 2.24) is 34.9 Å². The standard InChI is InChI=1S/C19H25FN8O/c1-5-14-21-10-13(20)17(22-14)23-16-12-11-28(19(2,3)15(12)24-25-16)18(29)27-8-6-26(4)7-9-27/h5,10H,1,6-9,11H2,2-4H3,(H2,21,22,23,24,25). The quantitative estimate of drug-likeness (QED) is 0.820. The molecule has 0 bridgehead atoms. The Hall–Kier alpha value is -3.01. The molecule has 0 aliphatic carbocycles. The maximum atomic E-state index is 14.1. The van der Waals surface area contributed by atoms with Crippen LogP contribution in [0.25, 0.3) is 6.08 Å². The van der Waals surface area contributed by atoms with E-state index in [1.807, 2.05) is 23.6 Å². The van der Waals surface area contributed by atoms with Crippen LogP contribution < -0.4 is 5.32 Å². The highest BCUT2D eigenvalue weighted by Gasteiger charge is 2.45. The van der Waals surface area contributed by atoms with E-state index in [1.165, 1.54) is 6.08 Å². The molecule has 2 aliphatic heterocycles. The Morgan fingerprint density at radius 2 is 2.03 bits per heavy atom. The van der Waals surface area contributed by atoms with Crippen molar-refractivity contribution in [3.8, 4) is 0 Å². The number of likely N-dealkylation sites (N-methyl/N-ethyl adjacent to an activating group) is 1. The van der Waals surface area contributed by atoms with Gasteiger partial charge in [-0.1, -0.05) is 6.58 Å². The van der Waals surface area contributed by atoms with Gasteiger partial charge >= 0.3 is 6.03 Å². The molecule has 2 N–H and O–H groups in total. The zero-order valence-electron chi connectivity index (χ0n) is 16.9. The highest BCUT2D eigenvalue weighted by atomic mass is 19.1. The maximum Gasteiger partial charge on any atom is 0.321 e. The number of nitrogens with one attached hydrogen (secondary N) is 2. The van der Waals surface area contributed by atoms with Gasteiger partial charge in [0, 0.05) is 31.7 Å². The first kappa shape index (κ1) is 19.3. The Bertz CT molecular complexity index is 948. The Kier molecular flexibility index (Phi) is 4.73. The molecule has 10 heteroatoms. The molecule has 0 saturated carbocycles. The number of carbonyl (C=O) groups is 1. The zero-order chi connectivity index (χ0) is 20.8. The number of urea groups is 1. The number of carbonyl (C=O) groups excluding carboxylic acids is 1. The summed E-state index contributed by atoms with van der Waals surface area (Å²) >= 11 is 0. The van der Waals surface area contributed by atoms with Gasteiger partial charge in [0.15, 0.2) is 23.3 Å². The van der Waals surface area contributed by atoms with Crippen LogP contribution in [-0.2, 0) is 12.1 Å². The normalized spacial score (nSPS) is 18.6. The molecule has 2 amide bonds. The Labute approximate surface area is 168 Å². The topological polar surface area (TPSA) is 93.3 Å². The molecule has 1 fully saturated rings. The molecule has 0 aromatic carbocycles. The van der Waals surface area contributed by atoms with E-state index < -0.39 is 11.4 Å². The van der Waals surface area contributed by atoms with Gasteiger partial charge in [0.05, 0.1) is 24.0 Å². The molecule has 2 aromatic heterocycles. The van der Waals surface area contributed by atoms with Crippen molar-refractivity contribution < 1.29 is 9.18 Å². The number of hydrogen-bond acceptors (Lipinski definition) is 6. The Balaban J connectivity index is 1.58. The molecule has 4 heterocycles. The number of piperazine rings is 1. The van der Waals surface area contributed by atoms with Gasteiger partial charge in [0.25, 0.3) is 0 Å². The van der Waals surface area contributed by atoms with Crippen LogP contribution in [0.15, 0.2) is 12.8 Å². The van der Waals surface area contributed by atoms with Crippen molar-refractivity contribution in [2.75, 3.05) is 38.5 Å². The molecule has 0 radical (unpaired) electrons. The van der Waals surface area contributed by atoms with Crippen LogP contribution in [0.3, 0.4) is 0 Å². The summed E-state index contributed by atoms with van der Waals surface area (Å²) < 4.78 is 14.1. The van der Waals surface area contributed by atoms with Crippen molar-refractivity contribution in [3.05, 3.63) is 35.7 Å². The van der Waals surface area contributed by atoms with Gasteiger partial charge in [-0.15, -0.1) is 0 Å². The molecule has 1 saturated heterocycles. The molecule has 0 atom stereocenters. The van der Waals surface area contributed by atoms with Crippen molar-refractivity contribution in [2.24, 2.45) is 0 Å². The lowest BCUT2D eigenvalue weighted by Gasteiger charge is -2.39. The van der Waals surface area contributed by atoms with Crippen LogP contribution >= 0.6 is 0 Å². The third-order valence-corrected chi connectivity index (χ3v) is 5.66. The van der Waals surface area contributed by atoms with E-state index >= 15 is 0 Å². The van der Waals surface area contributed by atoms with E-state index in [0.717, 1.165) is 30.5 Å². The molecule has 2 aliphatic rings. The number of aromatic nitrogens is 4. The van der Waals surface area contributed by atoms with Gasteiger partial charge in [0.1, 0.15) is 0 Å². The highest BCUT2D eigenvalue weighted by molar-refractivity contribution is 5.77. The lowest BCUT2D eigenvalue weighted by atomic mass is 10.0. The van der Waals surface area contributed by atoms with Crippen LogP contribution in [0.2, 0.25) is 0 Å². The van der Waals surface area contributed by atoms with E-state index in [0.29, 0.717) is 31.3 Å². The third kappa shape index (κ3) is 3.33. The summed E-state index contributed by atoms with van der Waals surface area (Å²) in [6, 6.07) is 0.000750. The van der Waals surface area contributed by atoms with Gasteiger partial charge in [0.2, 0.25) is 0 Å². The molecule has 154 valence electrons. The van der Waals surface area contributed by atoms with Crippen LogP contribution in [0, 0.1) is 5.82 Å². The van der Waals surface area contributed by atoms with Crippen molar-refractivity contribution in [2.45, 2.75) is 25.9 Å². The third-order valence-electron chi connectivity index (χ3n) is 5.66. The van der Waals surface area contributed by atoms with Crippen LogP contribution in [0.4, 0.5) is 20.8 Å². The van der Waals surface area contributed by atoms with Gasteiger partial charge in [-0.2, -0.15) is 5.10 Å². The van der Waals surface area contributed by atoms with E-state index in [-0.39, 0.29) is 11.8 Å². The second-order valence-electron chi connectivity index (χ2n) is 7.90. The van der Waals surface area contributed by atoms with E-state index in [1.54, 1.807) is 0 Å². The van der Waals surface area contributed by atoms with Crippen LogP contribution in [0.1, 0.15) is 30.9 Å². The minimum atomic E-state index is -0.588. The minimum Gasteiger partial charge on any atom is -0.322 e. The zero-order valence-corrected chi connectivity index (χ0v) is 16.9. The van der Waals surface area contributed by atoms with E-state index in [4.69, 9.17) is 0 Å². The summed E-state index contributed by atoms with van der Waals surface area (Å²) in [7, 11) is 2.06. The first-order valence-corrected chi connectivity index (χ1v) is 9.56. The number of halogens is 1. The number of anilines is 2. The first-order valence-electron chi connectivity index (χ1n) is 9.56.